The Morgan fingerprint density at radius 2 is 1.81 bits per heavy atom. The van der Waals surface area contributed by atoms with Gasteiger partial charge in [-0.2, -0.15) is 0 Å². The van der Waals surface area contributed by atoms with Gasteiger partial charge < -0.3 is 9.47 Å². The molecule has 8 heteroatoms. The molecule has 1 aromatic heterocycles. The fourth-order valence-electron chi connectivity index (χ4n) is 3.03. The summed E-state index contributed by atoms with van der Waals surface area (Å²) in [6.45, 7) is 1.61. The van der Waals surface area contributed by atoms with E-state index in [-0.39, 0.29) is 12.1 Å². The molecule has 0 saturated carbocycles. The number of aromatic nitrogens is 2. The van der Waals surface area contributed by atoms with Gasteiger partial charge in [0.25, 0.3) is 6.43 Å². The highest BCUT2D eigenvalue weighted by atomic mass is 19.3. The molecule has 0 aliphatic carbocycles. The lowest BCUT2D eigenvalue weighted by atomic mass is 10.2. The van der Waals surface area contributed by atoms with Crippen LogP contribution in [0.1, 0.15) is 12.5 Å². The Bertz CT molecular complexity index is 1010. The van der Waals surface area contributed by atoms with Crippen LogP contribution >= 0.6 is 0 Å². The number of halogens is 3. The second kappa shape index (κ2) is 7.77. The van der Waals surface area contributed by atoms with E-state index in [1.807, 2.05) is 6.92 Å². The Labute approximate surface area is 153 Å². The molecule has 0 atom stereocenters. The molecule has 0 fully saturated rings. The molecule has 0 aliphatic rings. The van der Waals surface area contributed by atoms with Crippen molar-refractivity contribution in [2.75, 3.05) is 13.7 Å². The molecule has 3 aromatic rings. The Morgan fingerprint density at radius 1 is 1.04 bits per heavy atom. The highest BCUT2D eigenvalue weighted by Gasteiger charge is 2.18. The number of rotatable bonds is 7. The van der Waals surface area contributed by atoms with Gasteiger partial charge in [0, 0.05) is 0 Å². The lowest BCUT2D eigenvalue weighted by Gasteiger charge is -2.11. The molecule has 5 nitrogen and oxygen atoms in total. The van der Waals surface area contributed by atoms with Gasteiger partial charge in [0.2, 0.25) is 0 Å². The monoisotopic (exact) mass is 380 g/mol. The minimum atomic E-state index is -2.73. The number of imidazole rings is 1. The third-order valence-electron chi connectivity index (χ3n) is 4.17. The van der Waals surface area contributed by atoms with Gasteiger partial charge in [-0.3, -0.25) is 9.13 Å². The second-order valence-corrected chi connectivity index (χ2v) is 5.92. The maximum absolute atomic E-state index is 13.6. The largest absolute Gasteiger partial charge is 0.493 e. The molecule has 1 heterocycles. The zero-order chi connectivity index (χ0) is 19.6. The van der Waals surface area contributed by atoms with E-state index in [0.717, 1.165) is 16.2 Å². The highest BCUT2D eigenvalue weighted by molar-refractivity contribution is 5.76. The maximum Gasteiger partial charge on any atom is 0.329 e. The summed E-state index contributed by atoms with van der Waals surface area (Å²) in [5, 5.41) is 0. The average molecular weight is 380 g/mol. The Balaban J connectivity index is 2.08. The van der Waals surface area contributed by atoms with Crippen molar-refractivity contribution in [2.24, 2.45) is 0 Å². The molecule has 0 N–H and O–H groups in total. The van der Waals surface area contributed by atoms with Crippen LogP contribution in [-0.4, -0.2) is 29.3 Å². The highest BCUT2D eigenvalue weighted by Crippen LogP contribution is 2.28. The van der Waals surface area contributed by atoms with Gasteiger partial charge in [0.15, 0.2) is 11.5 Å². The third-order valence-corrected chi connectivity index (χ3v) is 4.17. The fourth-order valence-corrected chi connectivity index (χ4v) is 3.03. The van der Waals surface area contributed by atoms with Crippen LogP contribution in [-0.2, 0) is 13.1 Å². The molecule has 144 valence electrons. The van der Waals surface area contributed by atoms with Crippen LogP contribution in [0.3, 0.4) is 0 Å². The van der Waals surface area contributed by atoms with Crippen LogP contribution in [0.25, 0.3) is 11.0 Å². The van der Waals surface area contributed by atoms with E-state index in [2.05, 4.69) is 0 Å². The van der Waals surface area contributed by atoms with E-state index >= 15 is 0 Å². The Morgan fingerprint density at radius 3 is 2.48 bits per heavy atom. The third kappa shape index (κ3) is 3.79. The van der Waals surface area contributed by atoms with Crippen molar-refractivity contribution in [1.82, 2.24) is 9.13 Å². The summed E-state index contributed by atoms with van der Waals surface area (Å²) in [6.07, 6.45) is -2.73. The van der Waals surface area contributed by atoms with Crippen molar-refractivity contribution in [2.45, 2.75) is 26.4 Å². The van der Waals surface area contributed by atoms with Crippen molar-refractivity contribution >= 4 is 11.0 Å². The molecule has 0 aliphatic heterocycles. The first-order chi connectivity index (χ1) is 12.9. The van der Waals surface area contributed by atoms with Crippen LogP contribution in [0, 0.1) is 5.82 Å². The van der Waals surface area contributed by atoms with Gasteiger partial charge in [0.05, 0.1) is 37.8 Å². The quantitative estimate of drug-likeness (QED) is 0.628. The molecule has 0 spiro atoms. The number of fused-ring (bicyclic) bond motifs is 1. The topological polar surface area (TPSA) is 45.4 Å². The smallest absolute Gasteiger partial charge is 0.329 e. The van der Waals surface area contributed by atoms with Gasteiger partial charge in [-0.05, 0) is 42.8 Å². The van der Waals surface area contributed by atoms with E-state index in [1.165, 1.54) is 23.8 Å². The first-order valence-corrected chi connectivity index (χ1v) is 8.41. The van der Waals surface area contributed by atoms with Crippen LogP contribution in [0.4, 0.5) is 13.2 Å². The van der Waals surface area contributed by atoms with Crippen molar-refractivity contribution in [3.8, 4) is 11.5 Å². The molecule has 0 amide bonds. The minimum absolute atomic E-state index is 0.126. The number of benzene rings is 2. The van der Waals surface area contributed by atoms with E-state index in [1.54, 1.807) is 18.2 Å². The number of hydrogen-bond donors (Lipinski definition) is 0. The summed E-state index contributed by atoms with van der Waals surface area (Å²) in [6, 6.07) is 8.91. The molecule has 2 aromatic carbocycles. The van der Waals surface area contributed by atoms with Gasteiger partial charge in [-0.15, -0.1) is 0 Å². The molecule has 27 heavy (non-hydrogen) atoms. The molecule has 0 radical (unpaired) electrons. The summed E-state index contributed by atoms with van der Waals surface area (Å²) in [7, 11) is 1.52. The first-order valence-electron chi connectivity index (χ1n) is 8.41. The standard InChI is InChI=1S/C19H19F3N2O3/c1-3-27-17-8-12(4-7-16(17)26-2)10-23-14-6-5-13(20)9-15(14)24(19(23)25)11-18(21)22/h4-9,18H,3,10-11H2,1-2H3. The molecule has 3 rings (SSSR count). The number of alkyl halides is 2. The van der Waals surface area contributed by atoms with Crippen LogP contribution in [0.15, 0.2) is 41.2 Å². The SMILES string of the molecule is CCOc1cc(Cn2c(=O)n(CC(F)F)c3cc(F)ccc32)ccc1OC. The molecule has 0 unspecified atom stereocenters. The lowest BCUT2D eigenvalue weighted by Crippen LogP contribution is -2.26. The van der Waals surface area contributed by atoms with Crippen LogP contribution in [0.2, 0.25) is 0 Å². The normalized spacial score (nSPS) is 11.3. The Hall–Kier alpha value is -2.90. The number of hydrogen-bond acceptors (Lipinski definition) is 3. The molecule has 0 bridgehead atoms. The van der Waals surface area contributed by atoms with Crippen molar-refractivity contribution in [3.05, 3.63) is 58.3 Å². The van der Waals surface area contributed by atoms with Crippen molar-refractivity contribution in [3.63, 3.8) is 0 Å². The molecule has 0 saturated heterocycles. The predicted octanol–water partition coefficient (Wildman–Crippen LogP) is 3.66. The van der Waals surface area contributed by atoms with Crippen LogP contribution < -0.4 is 15.2 Å². The summed E-state index contributed by atoms with van der Waals surface area (Å²) in [5.74, 6) is 0.480. The van der Waals surface area contributed by atoms with Crippen molar-refractivity contribution in [1.29, 1.82) is 0 Å². The number of methoxy groups -OCH3 is 1. The van der Waals surface area contributed by atoms with Crippen molar-refractivity contribution < 1.29 is 22.6 Å². The summed E-state index contributed by atoms with van der Waals surface area (Å²) >= 11 is 0. The van der Waals surface area contributed by atoms with Gasteiger partial charge in [0.1, 0.15) is 5.82 Å². The second-order valence-electron chi connectivity index (χ2n) is 5.92. The minimum Gasteiger partial charge on any atom is -0.493 e. The van der Waals surface area contributed by atoms with E-state index < -0.39 is 24.5 Å². The van der Waals surface area contributed by atoms with Gasteiger partial charge >= 0.3 is 5.69 Å². The first kappa shape index (κ1) is 18.9. The van der Waals surface area contributed by atoms with Gasteiger partial charge in [-0.25, -0.2) is 18.0 Å². The van der Waals surface area contributed by atoms with Crippen LogP contribution in [0.5, 0.6) is 11.5 Å². The van der Waals surface area contributed by atoms with E-state index in [9.17, 15) is 18.0 Å². The summed E-state index contributed by atoms with van der Waals surface area (Å²) in [5.41, 5.74) is 0.626. The number of ether oxygens (including phenoxy) is 2. The summed E-state index contributed by atoms with van der Waals surface area (Å²) in [4.78, 5) is 12.7. The zero-order valence-electron chi connectivity index (χ0n) is 14.9. The molecular weight excluding hydrogens is 361 g/mol. The average Bonchev–Trinajstić information content (AvgIpc) is 2.87. The molecular formula is C19H19F3N2O3. The van der Waals surface area contributed by atoms with E-state index in [0.29, 0.717) is 23.6 Å². The maximum atomic E-state index is 13.6. The number of nitrogens with zero attached hydrogens (tertiary/aromatic N) is 2. The Kier molecular flexibility index (Phi) is 5.43. The van der Waals surface area contributed by atoms with E-state index in [4.69, 9.17) is 9.47 Å². The predicted molar refractivity (Wildman–Crippen MR) is 95.4 cm³/mol. The fraction of sp³-hybridized carbons (Fsp3) is 0.316. The van der Waals surface area contributed by atoms with Gasteiger partial charge in [-0.1, -0.05) is 6.07 Å². The zero-order valence-corrected chi connectivity index (χ0v) is 14.9. The summed E-state index contributed by atoms with van der Waals surface area (Å²) < 4.78 is 52.4. The lowest BCUT2D eigenvalue weighted by molar-refractivity contribution is 0.126.